The smallest absolute Gasteiger partial charge is 0.226 e. The molecule has 0 spiro atoms. The molecule has 1 amide bonds. The van der Waals surface area contributed by atoms with Crippen molar-refractivity contribution in [3.05, 3.63) is 65.2 Å². The predicted molar refractivity (Wildman–Crippen MR) is 91.3 cm³/mol. The third-order valence-electron chi connectivity index (χ3n) is 4.61. The number of amides is 1. The Hall–Kier alpha value is -2.09. The Morgan fingerprint density at radius 1 is 1.18 bits per heavy atom. The van der Waals surface area contributed by atoms with E-state index in [0.717, 1.165) is 12.1 Å². The number of carbonyl (C=O) groups is 1. The first kappa shape index (κ1) is 14.8. The lowest BCUT2D eigenvalue weighted by atomic mass is 9.80. The highest BCUT2D eigenvalue weighted by molar-refractivity contribution is 5.95. The van der Waals surface area contributed by atoms with Crippen LogP contribution >= 0.6 is 0 Å². The molecule has 0 unspecified atom stereocenters. The van der Waals surface area contributed by atoms with Gasteiger partial charge < -0.3 is 4.90 Å². The normalized spacial score (nSPS) is 20.6. The van der Waals surface area contributed by atoms with E-state index in [4.69, 9.17) is 0 Å². The summed E-state index contributed by atoms with van der Waals surface area (Å²) in [6.07, 6.45) is 1.53. The summed E-state index contributed by atoms with van der Waals surface area (Å²) >= 11 is 0. The molecule has 0 saturated heterocycles. The first-order chi connectivity index (χ1) is 10.6. The third-order valence-corrected chi connectivity index (χ3v) is 4.61. The summed E-state index contributed by atoms with van der Waals surface area (Å²) < 4.78 is 0. The maximum atomic E-state index is 12.4. The molecule has 0 N–H and O–H groups in total. The van der Waals surface area contributed by atoms with E-state index in [1.54, 1.807) is 0 Å². The summed E-state index contributed by atoms with van der Waals surface area (Å²) in [5.74, 6) is 0.580. The first-order valence-corrected chi connectivity index (χ1v) is 8.09. The van der Waals surface area contributed by atoms with Gasteiger partial charge in [0.2, 0.25) is 5.91 Å². The van der Waals surface area contributed by atoms with Crippen LogP contribution in [0.1, 0.15) is 49.3 Å². The Balaban J connectivity index is 2.13. The second-order valence-corrected chi connectivity index (χ2v) is 6.23. The van der Waals surface area contributed by atoms with Crippen molar-refractivity contribution in [1.82, 2.24) is 0 Å². The molecule has 1 heterocycles. The van der Waals surface area contributed by atoms with Gasteiger partial charge in [0.05, 0.1) is 0 Å². The highest BCUT2D eigenvalue weighted by atomic mass is 16.2. The summed E-state index contributed by atoms with van der Waals surface area (Å²) in [6, 6.07) is 17.3. The number of carbonyl (C=O) groups excluding carboxylic acids is 1. The van der Waals surface area contributed by atoms with Gasteiger partial charge in [-0.2, -0.15) is 0 Å². The molecule has 1 aliphatic heterocycles. The van der Waals surface area contributed by atoms with Crippen molar-refractivity contribution < 1.29 is 4.79 Å². The molecule has 2 aromatic rings. The van der Waals surface area contributed by atoms with Crippen LogP contribution in [0.5, 0.6) is 0 Å². The number of hydrogen-bond donors (Lipinski definition) is 0. The molecule has 1 aliphatic rings. The molecule has 0 aromatic heterocycles. The molecular formula is C20H23NO. The van der Waals surface area contributed by atoms with Gasteiger partial charge in [0.1, 0.15) is 0 Å². The molecule has 3 rings (SSSR count). The number of rotatable bonds is 2. The zero-order chi connectivity index (χ0) is 15.7. The number of nitrogens with zero attached hydrogens (tertiary/aromatic N) is 1. The minimum atomic E-state index is 0.212. The van der Waals surface area contributed by atoms with Crippen LogP contribution in [0.15, 0.2) is 48.5 Å². The van der Waals surface area contributed by atoms with Gasteiger partial charge in [0.15, 0.2) is 0 Å². The molecule has 2 aromatic carbocycles. The summed E-state index contributed by atoms with van der Waals surface area (Å²) in [7, 11) is 0. The van der Waals surface area contributed by atoms with E-state index in [1.807, 2.05) is 11.8 Å². The van der Waals surface area contributed by atoms with Gasteiger partial charge in [0.25, 0.3) is 0 Å². The number of anilines is 1. The second kappa shape index (κ2) is 5.96. The monoisotopic (exact) mass is 293 g/mol. The summed E-state index contributed by atoms with van der Waals surface area (Å²) in [6.45, 7) is 6.21. The van der Waals surface area contributed by atoms with E-state index in [-0.39, 0.29) is 11.9 Å². The molecule has 22 heavy (non-hydrogen) atoms. The van der Waals surface area contributed by atoms with E-state index in [1.165, 1.54) is 16.7 Å². The van der Waals surface area contributed by atoms with Crippen LogP contribution in [-0.4, -0.2) is 11.9 Å². The Kier molecular flexibility index (Phi) is 4.02. The molecule has 0 aliphatic carbocycles. The maximum Gasteiger partial charge on any atom is 0.226 e. The summed E-state index contributed by atoms with van der Waals surface area (Å²) in [4.78, 5) is 14.4. The lowest BCUT2D eigenvalue weighted by molar-refractivity contribution is -0.118. The van der Waals surface area contributed by atoms with E-state index in [9.17, 15) is 4.79 Å². The van der Waals surface area contributed by atoms with Crippen LogP contribution in [0.25, 0.3) is 0 Å². The lowest BCUT2D eigenvalue weighted by Gasteiger charge is -2.40. The van der Waals surface area contributed by atoms with Gasteiger partial charge in [-0.05, 0) is 37.5 Å². The number of aryl methyl sites for hydroxylation is 1. The maximum absolute atomic E-state index is 12.4. The van der Waals surface area contributed by atoms with Gasteiger partial charge in [0, 0.05) is 24.1 Å². The van der Waals surface area contributed by atoms with Crippen molar-refractivity contribution in [1.29, 1.82) is 0 Å². The van der Waals surface area contributed by atoms with E-state index in [0.29, 0.717) is 12.3 Å². The van der Waals surface area contributed by atoms with Crippen LogP contribution in [0, 0.1) is 6.92 Å². The Labute approximate surface area is 132 Å². The Morgan fingerprint density at radius 2 is 1.91 bits per heavy atom. The molecule has 114 valence electrons. The van der Waals surface area contributed by atoms with Crippen LogP contribution in [0.4, 0.5) is 5.69 Å². The average Bonchev–Trinajstić information content (AvgIpc) is 2.54. The van der Waals surface area contributed by atoms with Gasteiger partial charge in [-0.3, -0.25) is 4.79 Å². The fourth-order valence-electron chi connectivity index (χ4n) is 3.53. The number of benzene rings is 2. The second-order valence-electron chi connectivity index (χ2n) is 6.23. The molecule has 0 saturated carbocycles. The zero-order valence-corrected chi connectivity index (χ0v) is 13.5. The standard InChI is InChI=1S/C20H23NO/c1-4-20(22)21-15(3)13-17(16-8-6-5-7-9-16)18-12-14(2)10-11-19(18)21/h5-12,15,17H,4,13H2,1-3H3/t15-,17+/m1/s1. The van der Waals surface area contributed by atoms with Crippen LogP contribution < -0.4 is 4.90 Å². The van der Waals surface area contributed by atoms with Crippen molar-refractivity contribution >= 4 is 11.6 Å². The highest BCUT2D eigenvalue weighted by Crippen LogP contribution is 2.42. The third kappa shape index (κ3) is 2.54. The molecule has 2 nitrogen and oxygen atoms in total. The molecule has 0 bridgehead atoms. The van der Waals surface area contributed by atoms with Crippen LogP contribution in [0.2, 0.25) is 0 Å². The van der Waals surface area contributed by atoms with Crippen molar-refractivity contribution in [2.24, 2.45) is 0 Å². The van der Waals surface area contributed by atoms with Crippen molar-refractivity contribution in [2.45, 2.75) is 45.6 Å². The van der Waals surface area contributed by atoms with Crippen molar-refractivity contribution in [3.63, 3.8) is 0 Å². The minimum Gasteiger partial charge on any atom is -0.309 e. The number of hydrogen-bond acceptors (Lipinski definition) is 1. The molecule has 2 heteroatoms. The Bertz CT molecular complexity index is 677. The largest absolute Gasteiger partial charge is 0.309 e. The molecule has 2 atom stereocenters. The van der Waals surface area contributed by atoms with E-state index >= 15 is 0 Å². The SMILES string of the molecule is CCC(=O)N1c2ccc(C)cc2[C@H](c2ccccc2)C[C@H]1C. The van der Waals surface area contributed by atoms with Gasteiger partial charge in [-0.15, -0.1) is 0 Å². The predicted octanol–water partition coefficient (Wildman–Crippen LogP) is 4.66. The zero-order valence-electron chi connectivity index (χ0n) is 13.5. The quantitative estimate of drug-likeness (QED) is 0.788. The summed E-state index contributed by atoms with van der Waals surface area (Å²) in [5, 5.41) is 0. The van der Waals surface area contributed by atoms with Gasteiger partial charge in [-0.1, -0.05) is 55.0 Å². The van der Waals surface area contributed by atoms with Crippen LogP contribution in [0.3, 0.4) is 0 Å². The van der Waals surface area contributed by atoms with Gasteiger partial charge >= 0.3 is 0 Å². The lowest BCUT2D eigenvalue weighted by Crippen LogP contribution is -2.43. The topological polar surface area (TPSA) is 20.3 Å². The van der Waals surface area contributed by atoms with Crippen LogP contribution in [-0.2, 0) is 4.79 Å². The fourth-order valence-corrected chi connectivity index (χ4v) is 3.53. The van der Waals surface area contributed by atoms with Crippen molar-refractivity contribution in [2.75, 3.05) is 4.90 Å². The van der Waals surface area contributed by atoms with E-state index in [2.05, 4.69) is 62.4 Å². The minimum absolute atomic E-state index is 0.212. The summed E-state index contributed by atoms with van der Waals surface area (Å²) in [5.41, 5.74) is 4.96. The highest BCUT2D eigenvalue weighted by Gasteiger charge is 2.33. The van der Waals surface area contributed by atoms with E-state index < -0.39 is 0 Å². The first-order valence-electron chi connectivity index (χ1n) is 8.09. The Morgan fingerprint density at radius 3 is 2.59 bits per heavy atom. The average molecular weight is 293 g/mol. The van der Waals surface area contributed by atoms with Crippen molar-refractivity contribution in [3.8, 4) is 0 Å². The molecular weight excluding hydrogens is 270 g/mol. The molecule has 0 fully saturated rings. The fraction of sp³-hybridized carbons (Fsp3) is 0.350. The number of fused-ring (bicyclic) bond motifs is 1. The van der Waals surface area contributed by atoms with Gasteiger partial charge in [-0.25, -0.2) is 0 Å². The molecule has 0 radical (unpaired) electrons.